The molecule has 0 fully saturated rings. The minimum Gasteiger partial charge on any atom is -0.508 e. The van der Waals surface area contributed by atoms with E-state index in [1.807, 2.05) is 36.4 Å². The molecule has 4 aromatic carbocycles. The molecule has 0 unspecified atom stereocenters. The number of benzene rings is 4. The second-order valence-corrected chi connectivity index (χ2v) is 10.4. The van der Waals surface area contributed by atoms with Crippen molar-refractivity contribution in [2.45, 2.75) is 38.1 Å². The minimum absolute atomic E-state index is 0.0409. The number of ether oxygens (including phenoxy) is 4. The number of methoxy groups -OCH3 is 2. The van der Waals surface area contributed by atoms with Crippen molar-refractivity contribution in [2.75, 3.05) is 20.8 Å². The van der Waals surface area contributed by atoms with Crippen LogP contribution in [0.1, 0.15) is 45.4 Å². The van der Waals surface area contributed by atoms with Gasteiger partial charge in [-0.25, -0.2) is 0 Å². The van der Waals surface area contributed by atoms with Crippen LogP contribution in [0.15, 0.2) is 60.7 Å². The molecule has 0 saturated heterocycles. The monoisotopic (exact) mass is 556 g/mol. The Morgan fingerprint density at radius 1 is 0.829 bits per heavy atom. The molecule has 212 valence electrons. The average molecular weight is 557 g/mol. The minimum atomic E-state index is -0.874. The summed E-state index contributed by atoms with van der Waals surface area (Å²) < 4.78 is 23.0. The highest BCUT2D eigenvalue weighted by molar-refractivity contribution is 5.79. The summed E-state index contributed by atoms with van der Waals surface area (Å²) in [6.45, 7) is 0.506. The van der Waals surface area contributed by atoms with E-state index < -0.39 is 12.0 Å². The third-order valence-electron chi connectivity index (χ3n) is 8.02. The fourth-order valence-corrected chi connectivity index (χ4v) is 5.98. The molecule has 2 atom stereocenters. The molecule has 0 saturated carbocycles. The van der Waals surface area contributed by atoms with E-state index in [1.165, 1.54) is 14.2 Å². The first-order chi connectivity index (χ1) is 19.9. The van der Waals surface area contributed by atoms with Crippen LogP contribution in [-0.4, -0.2) is 41.3 Å². The summed E-state index contributed by atoms with van der Waals surface area (Å²) in [4.78, 5) is 0. The van der Waals surface area contributed by atoms with Crippen molar-refractivity contribution >= 4 is 0 Å². The number of hydrogen-bond donors (Lipinski definition) is 4. The molecule has 6 rings (SSSR count). The molecule has 0 radical (unpaired) electrons. The molecule has 0 spiro atoms. The first kappa shape index (κ1) is 26.8. The lowest BCUT2D eigenvalue weighted by Crippen LogP contribution is -2.26. The molecule has 0 aromatic heterocycles. The van der Waals surface area contributed by atoms with Gasteiger partial charge < -0.3 is 39.4 Å². The van der Waals surface area contributed by atoms with Crippen LogP contribution in [0.4, 0.5) is 0 Å². The second-order valence-electron chi connectivity index (χ2n) is 10.4. The third-order valence-corrected chi connectivity index (χ3v) is 8.02. The summed E-state index contributed by atoms with van der Waals surface area (Å²) in [5.74, 6) is 1.32. The maximum absolute atomic E-state index is 11.7. The van der Waals surface area contributed by atoms with Crippen LogP contribution < -0.4 is 18.9 Å². The smallest absolute Gasteiger partial charge is 0.200 e. The Morgan fingerprint density at radius 3 is 2.29 bits per heavy atom. The summed E-state index contributed by atoms with van der Waals surface area (Å²) in [5.41, 5.74) is 6.91. The topological polar surface area (TPSA) is 118 Å². The van der Waals surface area contributed by atoms with Crippen molar-refractivity contribution in [3.8, 4) is 45.6 Å². The van der Waals surface area contributed by atoms with Gasteiger partial charge in [-0.05, 0) is 70.5 Å². The van der Waals surface area contributed by atoms with Crippen molar-refractivity contribution in [3.05, 3.63) is 94.0 Å². The zero-order valence-corrected chi connectivity index (χ0v) is 22.9. The summed E-state index contributed by atoms with van der Waals surface area (Å²) in [5, 5.41) is 42.2. The van der Waals surface area contributed by atoms with Crippen molar-refractivity contribution in [1.29, 1.82) is 0 Å². The van der Waals surface area contributed by atoms with Gasteiger partial charge >= 0.3 is 0 Å². The molecule has 1 heterocycles. The van der Waals surface area contributed by atoms with E-state index in [4.69, 9.17) is 18.9 Å². The van der Waals surface area contributed by atoms with Crippen LogP contribution in [-0.2, 0) is 26.1 Å². The van der Waals surface area contributed by atoms with E-state index in [9.17, 15) is 20.4 Å². The number of aromatic hydroxyl groups is 2. The number of aliphatic hydroxyl groups excluding tert-OH is 2. The van der Waals surface area contributed by atoms with Crippen LogP contribution in [0.5, 0.6) is 34.5 Å². The van der Waals surface area contributed by atoms with Crippen LogP contribution in [0, 0.1) is 0 Å². The highest BCUT2D eigenvalue weighted by atomic mass is 16.5. The Balaban J connectivity index is 1.36. The first-order valence-corrected chi connectivity index (χ1v) is 13.5. The van der Waals surface area contributed by atoms with Gasteiger partial charge in [0.2, 0.25) is 5.75 Å². The number of hydrogen-bond acceptors (Lipinski definition) is 8. The van der Waals surface area contributed by atoms with Crippen molar-refractivity contribution in [3.63, 3.8) is 0 Å². The van der Waals surface area contributed by atoms with Crippen LogP contribution in [0.2, 0.25) is 0 Å². The van der Waals surface area contributed by atoms with Crippen LogP contribution in [0.25, 0.3) is 11.1 Å². The van der Waals surface area contributed by atoms with Gasteiger partial charge in [-0.2, -0.15) is 0 Å². The molecule has 0 bridgehead atoms. The van der Waals surface area contributed by atoms with Gasteiger partial charge in [0.1, 0.15) is 23.9 Å². The van der Waals surface area contributed by atoms with E-state index >= 15 is 0 Å². The molecule has 8 nitrogen and oxygen atoms in total. The zero-order valence-electron chi connectivity index (χ0n) is 22.9. The van der Waals surface area contributed by atoms with Gasteiger partial charge in [-0.15, -0.1) is 0 Å². The number of phenols is 2. The molecule has 1 aliphatic carbocycles. The number of aliphatic hydroxyl groups is 2. The lowest BCUT2D eigenvalue weighted by Gasteiger charge is -2.35. The van der Waals surface area contributed by atoms with E-state index in [0.717, 1.165) is 44.5 Å². The summed E-state index contributed by atoms with van der Waals surface area (Å²) >= 11 is 0. The predicted molar refractivity (Wildman–Crippen MR) is 152 cm³/mol. The highest BCUT2D eigenvalue weighted by Gasteiger charge is 2.36. The van der Waals surface area contributed by atoms with Gasteiger partial charge in [0, 0.05) is 23.1 Å². The quantitative estimate of drug-likeness (QED) is 0.247. The van der Waals surface area contributed by atoms with Gasteiger partial charge in [-0.1, -0.05) is 30.3 Å². The van der Waals surface area contributed by atoms with E-state index in [2.05, 4.69) is 0 Å². The molecule has 0 amide bonds. The molecular formula is C33H32O8. The standard InChI is InChI=1S/C33H32O8/c1-38-29-11-20(12-30(39-2)33(29)37)26-17-41-27-9-8-22-24(31(27)32(26)36)7-6-23-25(22)13-21(35)14-28(23)40-16-19-5-3-4-18(10-19)15-34/h3-5,8-14,26,32,34-37H,6-7,15-17H2,1-2H3/t26-,32+/m1/s1. The van der Waals surface area contributed by atoms with Crippen LogP contribution in [0.3, 0.4) is 0 Å². The number of fused-ring (bicyclic) bond motifs is 5. The average Bonchev–Trinajstić information content (AvgIpc) is 2.99. The van der Waals surface area contributed by atoms with Gasteiger partial charge in [0.05, 0.1) is 33.5 Å². The lowest BCUT2D eigenvalue weighted by molar-refractivity contribution is 0.0877. The van der Waals surface area contributed by atoms with Gasteiger partial charge in [0.15, 0.2) is 11.5 Å². The molecule has 2 aliphatic rings. The Kier molecular flexibility index (Phi) is 7.11. The SMILES string of the molecule is COc1cc([C@H]2COc3ccc4c(c3[C@H]2O)CCc2c(OCc3cccc(CO)c3)cc(O)cc2-4)cc(OC)c1O. The lowest BCUT2D eigenvalue weighted by atomic mass is 9.77. The van der Waals surface area contributed by atoms with Crippen LogP contribution >= 0.6 is 0 Å². The Morgan fingerprint density at radius 2 is 1.56 bits per heavy atom. The van der Waals surface area contributed by atoms with Gasteiger partial charge in [-0.3, -0.25) is 0 Å². The van der Waals surface area contributed by atoms with Crippen molar-refractivity contribution < 1.29 is 39.4 Å². The highest BCUT2D eigenvalue weighted by Crippen LogP contribution is 2.50. The van der Waals surface area contributed by atoms with Gasteiger partial charge in [0.25, 0.3) is 0 Å². The summed E-state index contributed by atoms with van der Waals surface area (Å²) in [6, 6.07) is 18.2. The zero-order chi connectivity index (χ0) is 28.7. The molecule has 4 N–H and O–H groups in total. The fraction of sp³-hybridized carbons (Fsp3) is 0.273. The summed E-state index contributed by atoms with van der Waals surface area (Å²) in [7, 11) is 2.93. The van der Waals surface area contributed by atoms with E-state index in [0.29, 0.717) is 30.9 Å². The molecule has 8 heteroatoms. The second kappa shape index (κ2) is 10.9. The Labute approximate surface area is 238 Å². The third kappa shape index (κ3) is 4.79. The Bertz CT molecular complexity index is 1590. The fourth-order valence-electron chi connectivity index (χ4n) is 5.98. The maximum Gasteiger partial charge on any atom is 0.200 e. The van der Waals surface area contributed by atoms with E-state index in [1.54, 1.807) is 24.3 Å². The summed E-state index contributed by atoms with van der Waals surface area (Å²) in [6.07, 6.45) is 0.437. The largest absolute Gasteiger partial charge is 0.508 e. The maximum atomic E-state index is 11.7. The van der Waals surface area contributed by atoms with E-state index in [-0.39, 0.29) is 36.2 Å². The normalized spacial score (nSPS) is 17.1. The predicted octanol–water partition coefficient (Wildman–Crippen LogP) is 5.16. The van der Waals surface area contributed by atoms with Crippen molar-refractivity contribution in [1.82, 2.24) is 0 Å². The Hall–Kier alpha value is -4.40. The molecular weight excluding hydrogens is 524 g/mol. The molecule has 4 aromatic rings. The van der Waals surface area contributed by atoms with Crippen molar-refractivity contribution in [2.24, 2.45) is 0 Å². The first-order valence-electron chi connectivity index (χ1n) is 13.5. The number of rotatable bonds is 7. The molecule has 1 aliphatic heterocycles. The molecule has 41 heavy (non-hydrogen) atoms. The number of phenolic OH excluding ortho intramolecular Hbond substituents is 2.